The van der Waals surface area contributed by atoms with Gasteiger partial charge < -0.3 is 9.29 Å². The van der Waals surface area contributed by atoms with Gasteiger partial charge in [-0.25, -0.2) is 8.42 Å². The summed E-state index contributed by atoms with van der Waals surface area (Å²) in [5.74, 6) is 0. The molecular formula is C13H19BF3NO4PS. The Morgan fingerprint density at radius 2 is 1.88 bits per heavy atom. The summed E-state index contributed by atoms with van der Waals surface area (Å²) in [4.78, 5) is 0. The molecule has 1 unspecified atom stereocenters. The van der Waals surface area contributed by atoms with E-state index in [-0.39, 0.29) is 17.1 Å². The molecule has 2 atom stereocenters. The molecule has 1 aliphatic rings. The lowest BCUT2D eigenvalue weighted by Crippen LogP contribution is -2.27. The Morgan fingerprint density at radius 1 is 1.33 bits per heavy atom. The van der Waals surface area contributed by atoms with Gasteiger partial charge in [0.25, 0.3) is 0 Å². The van der Waals surface area contributed by atoms with E-state index in [1.54, 1.807) is 7.11 Å². The van der Waals surface area contributed by atoms with Crippen molar-refractivity contribution in [2.45, 2.75) is 24.4 Å². The molecule has 1 saturated heterocycles. The molecule has 1 aromatic rings. The number of rotatable bonds is 4. The van der Waals surface area contributed by atoms with E-state index in [9.17, 15) is 13.2 Å². The van der Waals surface area contributed by atoms with E-state index in [2.05, 4.69) is 35.0 Å². The predicted molar refractivity (Wildman–Crippen MR) is 88.9 cm³/mol. The Labute approximate surface area is 143 Å². The van der Waals surface area contributed by atoms with E-state index in [1.165, 1.54) is 24.7 Å². The van der Waals surface area contributed by atoms with Crippen molar-refractivity contribution in [3.63, 3.8) is 0 Å². The minimum Gasteiger partial charge on any atom is -0.741 e. The maximum absolute atomic E-state index is 10.7. The van der Waals surface area contributed by atoms with E-state index in [1.807, 2.05) is 0 Å². The van der Waals surface area contributed by atoms with Crippen LogP contribution in [0.4, 0.5) is 13.2 Å². The van der Waals surface area contributed by atoms with Crippen molar-refractivity contribution < 1.29 is 30.9 Å². The van der Waals surface area contributed by atoms with Crippen LogP contribution in [-0.2, 0) is 14.9 Å². The van der Waals surface area contributed by atoms with Crippen molar-refractivity contribution in [3.05, 3.63) is 30.3 Å². The second-order valence-corrected chi connectivity index (χ2v) is 7.89. The summed E-state index contributed by atoms with van der Waals surface area (Å²) in [7, 11) is -4.01. The molecule has 11 heteroatoms. The molecule has 1 fully saturated rings. The first-order valence-corrected chi connectivity index (χ1v) is 9.32. The van der Waals surface area contributed by atoms with Crippen LogP contribution in [0.25, 0.3) is 0 Å². The number of nitrogens with zero attached hydrogens (tertiary/aromatic N) is 1. The number of halogens is 3. The van der Waals surface area contributed by atoms with Crippen LogP contribution in [0.1, 0.15) is 12.8 Å². The Kier molecular flexibility index (Phi) is 10.1. The van der Waals surface area contributed by atoms with Gasteiger partial charge in [-0.3, -0.25) is 0 Å². The van der Waals surface area contributed by atoms with Gasteiger partial charge in [0, 0.05) is 22.1 Å². The van der Waals surface area contributed by atoms with Crippen LogP contribution in [-0.4, -0.2) is 57.9 Å². The maximum Gasteiger partial charge on any atom is 0.485 e. The minimum atomic E-state index is -6.09. The van der Waals surface area contributed by atoms with Gasteiger partial charge >= 0.3 is 5.51 Å². The van der Waals surface area contributed by atoms with E-state index >= 15 is 0 Å². The molecule has 24 heavy (non-hydrogen) atoms. The molecule has 1 aromatic carbocycles. The fourth-order valence-electron chi connectivity index (χ4n) is 2.13. The molecule has 0 N–H and O–H groups in total. The second-order valence-electron chi connectivity index (χ2n) is 4.93. The summed E-state index contributed by atoms with van der Waals surface area (Å²) in [5.41, 5.74) is -5.65. The molecule has 3 radical (unpaired) electrons. The molecule has 2 rings (SSSR count). The van der Waals surface area contributed by atoms with Crippen LogP contribution in [0.3, 0.4) is 0 Å². The first-order valence-electron chi connectivity index (χ1n) is 6.82. The third-order valence-corrected chi connectivity index (χ3v) is 5.44. The summed E-state index contributed by atoms with van der Waals surface area (Å²) in [6.45, 7) is 2.14. The lowest BCUT2D eigenvalue weighted by molar-refractivity contribution is -0.0517. The van der Waals surface area contributed by atoms with Crippen LogP contribution < -0.4 is 5.30 Å². The zero-order valence-corrected chi connectivity index (χ0v) is 15.0. The third-order valence-electron chi connectivity index (χ3n) is 3.18. The van der Waals surface area contributed by atoms with Crippen LogP contribution >= 0.6 is 8.73 Å². The van der Waals surface area contributed by atoms with Gasteiger partial charge in [-0.05, 0) is 25.0 Å². The number of benzene rings is 1. The normalized spacial score (nSPS) is 19.0. The van der Waals surface area contributed by atoms with Crippen molar-refractivity contribution in [2.24, 2.45) is 0 Å². The Morgan fingerprint density at radius 3 is 2.33 bits per heavy atom. The van der Waals surface area contributed by atoms with Crippen LogP contribution in [0, 0.1) is 0 Å². The quantitative estimate of drug-likeness (QED) is 0.340. The monoisotopic (exact) mass is 384 g/mol. The van der Waals surface area contributed by atoms with Gasteiger partial charge in [0.15, 0.2) is 10.1 Å². The van der Waals surface area contributed by atoms with Crippen molar-refractivity contribution in [1.82, 2.24) is 4.67 Å². The average molecular weight is 384 g/mol. The van der Waals surface area contributed by atoms with Crippen LogP contribution in [0.2, 0.25) is 0 Å². The largest absolute Gasteiger partial charge is 0.741 e. The van der Waals surface area contributed by atoms with Crippen LogP contribution in [0.5, 0.6) is 0 Å². The maximum atomic E-state index is 10.7. The van der Waals surface area contributed by atoms with Crippen molar-refractivity contribution in [1.29, 1.82) is 0 Å². The molecule has 1 aliphatic heterocycles. The van der Waals surface area contributed by atoms with Gasteiger partial charge in [-0.2, -0.15) is 17.8 Å². The van der Waals surface area contributed by atoms with Gasteiger partial charge in [0.1, 0.15) is 5.30 Å². The van der Waals surface area contributed by atoms with E-state index in [0.717, 1.165) is 6.61 Å². The third kappa shape index (κ3) is 7.94. The average Bonchev–Trinajstić information content (AvgIpc) is 2.86. The first-order chi connectivity index (χ1) is 10.6. The zero-order chi connectivity index (χ0) is 17.5. The number of hydrogen-bond acceptors (Lipinski definition) is 5. The SMILES string of the molecule is COC[C@@H]1CCCN1[PH2+]c1ccccc1.O=S(=O)([O-])C(F)(F)F.[B]. The highest BCUT2D eigenvalue weighted by atomic mass is 32.2. The summed E-state index contributed by atoms with van der Waals surface area (Å²) < 4.78 is 66.8. The number of alkyl halides is 3. The predicted octanol–water partition coefficient (Wildman–Crippen LogP) is 1.42. The van der Waals surface area contributed by atoms with Gasteiger partial charge in [0.2, 0.25) is 0 Å². The fraction of sp³-hybridized carbons (Fsp3) is 0.538. The molecule has 0 aromatic heterocycles. The molecule has 0 bridgehead atoms. The summed E-state index contributed by atoms with van der Waals surface area (Å²) >= 11 is 0. The van der Waals surface area contributed by atoms with Gasteiger partial charge in [-0.1, -0.05) is 18.2 Å². The lowest BCUT2D eigenvalue weighted by atomic mass is 10.2. The Hall–Kier alpha value is -0.665. The molecule has 0 spiro atoms. The first kappa shape index (κ1) is 23.3. The highest BCUT2D eigenvalue weighted by molar-refractivity contribution is 7.86. The fourth-order valence-corrected chi connectivity index (χ4v) is 3.66. The minimum absolute atomic E-state index is 0. The van der Waals surface area contributed by atoms with Crippen molar-refractivity contribution in [3.8, 4) is 0 Å². The smallest absolute Gasteiger partial charge is 0.485 e. The summed E-state index contributed by atoms with van der Waals surface area (Å²) in [5, 5.41) is 1.49. The zero-order valence-electron chi connectivity index (χ0n) is 13.1. The number of methoxy groups -OCH3 is 1. The highest BCUT2D eigenvalue weighted by Crippen LogP contribution is 2.29. The number of ether oxygens (including phenoxy) is 1. The topological polar surface area (TPSA) is 69.7 Å². The van der Waals surface area contributed by atoms with E-state index in [4.69, 9.17) is 17.7 Å². The molecule has 0 amide bonds. The molecular weight excluding hydrogens is 365 g/mol. The molecule has 0 aliphatic carbocycles. The van der Waals surface area contributed by atoms with Crippen molar-refractivity contribution >= 4 is 32.6 Å². The summed E-state index contributed by atoms with van der Waals surface area (Å²) in [6.07, 6.45) is 2.63. The van der Waals surface area contributed by atoms with Crippen LogP contribution in [0.15, 0.2) is 30.3 Å². The summed E-state index contributed by atoms with van der Waals surface area (Å²) in [6, 6.07) is 11.5. The molecule has 0 saturated carbocycles. The van der Waals surface area contributed by atoms with Gasteiger partial charge in [-0.15, -0.1) is 0 Å². The molecule has 1 heterocycles. The highest BCUT2D eigenvalue weighted by Gasteiger charge is 2.36. The van der Waals surface area contributed by atoms with E-state index < -0.39 is 15.6 Å². The second kappa shape index (κ2) is 10.4. The number of hydrogen-bond donors (Lipinski definition) is 0. The Balaban J connectivity index is 0.000000510. The molecule has 135 valence electrons. The standard InChI is InChI=1S/C12H18NOP.CHF3O3S.B/c1-14-10-11-6-5-9-13(11)15-12-7-3-2-4-8-12;2-1(3,4)8(5,6)7;/h2-4,7-8,11,15H,5-6,9-10H2,1H3;(H,5,6,7);/t11-;;/m0../s1. The Bertz CT molecular complexity index is 574. The van der Waals surface area contributed by atoms with Crippen molar-refractivity contribution in [2.75, 3.05) is 20.3 Å². The van der Waals surface area contributed by atoms with Gasteiger partial charge in [0.05, 0.1) is 21.4 Å². The molecule has 5 nitrogen and oxygen atoms in total. The lowest BCUT2D eigenvalue weighted by Gasteiger charge is -2.17. The van der Waals surface area contributed by atoms with E-state index in [0.29, 0.717) is 6.04 Å².